The maximum absolute atomic E-state index is 6.04. The SMILES string of the molecule is CCCCCCCOc1cccc(OCCC)c1N. The summed E-state index contributed by atoms with van der Waals surface area (Å²) in [4.78, 5) is 0. The van der Waals surface area contributed by atoms with Gasteiger partial charge in [0.05, 0.1) is 13.2 Å². The molecule has 0 spiro atoms. The van der Waals surface area contributed by atoms with E-state index < -0.39 is 0 Å². The van der Waals surface area contributed by atoms with Crippen LogP contribution in [0.15, 0.2) is 18.2 Å². The van der Waals surface area contributed by atoms with Gasteiger partial charge in [0.2, 0.25) is 0 Å². The minimum absolute atomic E-state index is 0.615. The van der Waals surface area contributed by atoms with E-state index in [0.29, 0.717) is 12.3 Å². The number of hydrogen-bond acceptors (Lipinski definition) is 3. The standard InChI is InChI=1S/C16H27NO2/c1-3-5-6-7-8-13-19-15-11-9-10-14(16(15)17)18-12-4-2/h9-11H,3-8,12-13,17H2,1-2H3. The molecule has 0 unspecified atom stereocenters. The topological polar surface area (TPSA) is 44.5 Å². The Morgan fingerprint density at radius 2 is 1.47 bits per heavy atom. The van der Waals surface area contributed by atoms with E-state index in [2.05, 4.69) is 13.8 Å². The number of ether oxygens (including phenoxy) is 2. The lowest BCUT2D eigenvalue weighted by atomic mass is 10.2. The first kappa shape index (κ1) is 15.7. The molecule has 0 aliphatic carbocycles. The summed E-state index contributed by atoms with van der Waals surface area (Å²) in [7, 11) is 0. The number of anilines is 1. The van der Waals surface area contributed by atoms with Crippen LogP contribution < -0.4 is 15.2 Å². The molecule has 0 heterocycles. The van der Waals surface area contributed by atoms with E-state index in [4.69, 9.17) is 15.2 Å². The lowest BCUT2D eigenvalue weighted by Gasteiger charge is -2.13. The Morgan fingerprint density at radius 1 is 0.842 bits per heavy atom. The molecule has 2 N–H and O–H groups in total. The molecule has 1 aromatic rings. The molecule has 1 rings (SSSR count). The molecule has 0 aliphatic rings. The maximum Gasteiger partial charge on any atom is 0.146 e. The van der Waals surface area contributed by atoms with Gasteiger partial charge in [-0.15, -0.1) is 0 Å². The number of benzene rings is 1. The Kier molecular flexibility index (Phi) is 7.87. The Hall–Kier alpha value is -1.38. The molecule has 108 valence electrons. The molecule has 0 saturated carbocycles. The van der Waals surface area contributed by atoms with Crippen molar-refractivity contribution in [2.75, 3.05) is 18.9 Å². The van der Waals surface area contributed by atoms with Crippen molar-refractivity contribution in [3.8, 4) is 11.5 Å². The average molecular weight is 265 g/mol. The molecule has 3 heteroatoms. The van der Waals surface area contributed by atoms with Gasteiger partial charge in [0, 0.05) is 0 Å². The van der Waals surface area contributed by atoms with Crippen molar-refractivity contribution in [1.29, 1.82) is 0 Å². The third kappa shape index (κ3) is 5.86. The smallest absolute Gasteiger partial charge is 0.146 e. The molecule has 0 atom stereocenters. The van der Waals surface area contributed by atoms with E-state index in [1.807, 2.05) is 18.2 Å². The summed E-state index contributed by atoms with van der Waals surface area (Å²) in [5.41, 5.74) is 6.65. The van der Waals surface area contributed by atoms with E-state index in [1.54, 1.807) is 0 Å². The van der Waals surface area contributed by atoms with E-state index in [1.165, 1.54) is 25.7 Å². The second kappa shape index (κ2) is 9.54. The lowest BCUT2D eigenvalue weighted by Crippen LogP contribution is -2.03. The molecule has 0 aromatic heterocycles. The molecule has 0 saturated heterocycles. The highest BCUT2D eigenvalue weighted by atomic mass is 16.5. The van der Waals surface area contributed by atoms with Gasteiger partial charge >= 0.3 is 0 Å². The molecule has 0 aliphatic heterocycles. The van der Waals surface area contributed by atoms with Crippen molar-refractivity contribution >= 4 is 5.69 Å². The van der Waals surface area contributed by atoms with Gasteiger partial charge in [0.1, 0.15) is 17.2 Å². The minimum Gasteiger partial charge on any atom is -0.491 e. The summed E-state index contributed by atoms with van der Waals surface area (Å²) < 4.78 is 11.3. The van der Waals surface area contributed by atoms with Crippen molar-refractivity contribution in [3.05, 3.63) is 18.2 Å². The fourth-order valence-corrected chi connectivity index (χ4v) is 1.88. The third-order valence-corrected chi connectivity index (χ3v) is 2.99. The normalized spacial score (nSPS) is 10.4. The molecule has 3 nitrogen and oxygen atoms in total. The summed E-state index contributed by atoms with van der Waals surface area (Å²) in [5.74, 6) is 1.47. The molecule has 0 radical (unpaired) electrons. The van der Waals surface area contributed by atoms with Crippen molar-refractivity contribution in [3.63, 3.8) is 0 Å². The largest absolute Gasteiger partial charge is 0.491 e. The van der Waals surface area contributed by atoms with Crippen LogP contribution in [-0.4, -0.2) is 13.2 Å². The van der Waals surface area contributed by atoms with Crippen LogP contribution in [0.1, 0.15) is 52.4 Å². The van der Waals surface area contributed by atoms with Crippen LogP contribution in [0.2, 0.25) is 0 Å². The quantitative estimate of drug-likeness (QED) is 0.503. The first-order chi connectivity index (χ1) is 9.29. The summed E-state index contributed by atoms with van der Waals surface area (Å²) >= 11 is 0. The molecule has 0 amide bonds. The molecular formula is C16H27NO2. The van der Waals surface area contributed by atoms with Crippen LogP contribution >= 0.6 is 0 Å². The molecule has 0 bridgehead atoms. The highest BCUT2D eigenvalue weighted by Gasteiger charge is 2.06. The van der Waals surface area contributed by atoms with E-state index in [9.17, 15) is 0 Å². The van der Waals surface area contributed by atoms with Crippen molar-refractivity contribution in [1.82, 2.24) is 0 Å². The molecule has 19 heavy (non-hydrogen) atoms. The van der Waals surface area contributed by atoms with E-state index >= 15 is 0 Å². The average Bonchev–Trinajstić information content (AvgIpc) is 2.43. The second-order valence-electron chi connectivity index (χ2n) is 4.78. The lowest BCUT2D eigenvalue weighted by molar-refractivity contribution is 0.297. The van der Waals surface area contributed by atoms with Gasteiger partial charge in [-0.1, -0.05) is 45.6 Å². The van der Waals surface area contributed by atoms with Gasteiger partial charge in [0.25, 0.3) is 0 Å². The molecule has 1 aromatic carbocycles. The highest BCUT2D eigenvalue weighted by Crippen LogP contribution is 2.31. The molecule has 0 fully saturated rings. The number of nitrogens with two attached hydrogens (primary N) is 1. The van der Waals surface area contributed by atoms with Crippen LogP contribution in [0, 0.1) is 0 Å². The van der Waals surface area contributed by atoms with Crippen LogP contribution in [0.3, 0.4) is 0 Å². The zero-order chi connectivity index (χ0) is 13.9. The second-order valence-corrected chi connectivity index (χ2v) is 4.78. The van der Waals surface area contributed by atoms with Gasteiger partial charge in [-0.05, 0) is 25.0 Å². The summed E-state index contributed by atoms with van der Waals surface area (Å²) in [6.07, 6.45) is 7.14. The summed E-state index contributed by atoms with van der Waals surface area (Å²) in [6, 6.07) is 5.72. The van der Waals surface area contributed by atoms with Gasteiger partial charge < -0.3 is 15.2 Å². The third-order valence-electron chi connectivity index (χ3n) is 2.99. The number of unbranched alkanes of at least 4 members (excludes halogenated alkanes) is 4. The van der Waals surface area contributed by atoms with E-state index in [-0.39, 0.29) is 0 Å². The number of hydrogen-bond donors (Lipinski definition) is 1. The van der Waals surface area contributed by atoms with Gasteiger partial charge in [-0.3, -0.25) is 0 Å². The van der Waals surface area contributed by atoms with Crippen LogP contribution in [0.4, 0.5) is 5.69 Å². The van der Waals surface area contributed by atoms with Crippen molar-refractivity contribution in [2.45, 2.75) is 52.4 Å². The Balaban J connectivity index is 2.36. The maximum atomic E-state index is 6.04. The van der Waals surface area contributed by atoms with Crippen molar-refractivity contribution < 1.29 is 9.47 Å². The zero-order valence-corrected chi connectivity index (χ0v) is 12.3. The highest BCUT2D eigenvalue weighted by molar-refractivity contribution is 5.62. The predicted octanol–water partition coefficient (Wildman–Crippen LogP) is 4.41. The zero-order valence-electron chi connectivity index (χ0n) is 12.3. The number of rotatable bonds is 10. The number of nitrogen functional groups attached to an aromatic ring is 1. The Bertz CT molecular complexity index is 353. The number of para-hydroxylation sites is 1. The minimum atomic E-state index is 0.615. The van der Waals surface area contributed by atoms with Crippen LogP contribution in [-0.2, 0) is 0 Å². The van der Waals surface area contributed by atoms with Gasteiger partial charge in [-0.2, -0.15) is 0 Å². The fourth-order valence-electron chi connectivity index (χ4n) is 1.88. The Morgan fingerprint density at radius 3 is 2.11 bits per heavy atom. The summed E-state index contributed by atoms with van der Waals surface area (Å²) in [6.45, 7) is 5.71. The van der Waals surface area contributed by atoms with E-state index in [0.717, 1.165) is 30.9 Å². The Labute approximate surface area is 117 Å². The predicted molar refractivity (Wildman–Crippen MR) is 80.9 cm³/mol. The first-order valence-corrected chi connectivity index (χ1v) is 7.43. The van der Waals surface area contributed by atoms with Gasteiger partial charge in [-0.25, -0.2) is 0 Å². The fraction of sp³-hybridized carbons (Fsp3) is 0.625. The summed E-state index contributed by atoms with van der Waals surface area (Å²) in [5, 5.41) is 0. The van der Waals surface area contributed by atoms with Crippen molar-refractivity contribution in [2.24, 2.45) is 0 Å². The first-order valence-electron chi connectivity index (χ1n) is 7.43. The van der Waals surface area contributed by atoms with Crippen LogP contribution in [0.25, 0.3) is 0 Å². The monoisotopic (exact) mass is 265 g/mol. The molecular weight excluding hydrogens is 238 g/mol. The van der Waals surface area contributed by atoms with Crippen LogP contribution in [0.5, 0.6) is 11.5 Å². The van der Waals surface area contributed by atoms with Gasteiger partial charge in [0.15, 0.2) is 0 Å².